The van der Waals surface area contributed by atoms with Gasteiger partial charge in [0.05, 0.1) is 23.4 Å². The zero-order valence-corrected chi connectivity index (χ0v) is 15.1. The number of nitrogens with one attached hydrogen (secondary N) is 1. The maximum atomic E-state index is 13.6. The quantitative estimate of drug-likeness (QED) is 0.768. The van der Waals surface area contributed by atoms with Crippen molar-refractivity contribution in [3.63, 3.8) is 0 Å². The molecule has 2 heterocycles. The number of aromatic carboxylic acids is 1. The average Bonchev–Trinajstić information content (AvgIpc) is 3.23. The molecule has 0 spiro atoms. The Morgan fingerprint density at radius 1 is 1.15 bits per heavy atom. The molecule has 3 rings (SSSR count). The topological polar surface area (TPSA) is 107 Å². The average molecular weight is 403 g/mol. The molecule has 0 radical (unpaired) electrons. The van der Waals surface area contributed by atoms with Gasteiger partial charge in [-0.2, -0.15) is 12.7 Å². The highest BCUT2D eigenvalue weighted by Crippen LogP contribution is 2.33. The van der Waals surface area contributed by atoms with Crippen LogP contribution in [0.2, 0.25) is 0 Å². The molecule has 1 aromatic rings. The largest absolute Gasteiger partial charge is 0.478 e. The monoisotopic (exact) mass is 403 g/mol. The van der Waals surface area contributed by atoms with Crippen molar-refractivity contribution in [1.29, 1.82) is 0 Å². The third-order valence-electron chi connectivity index (χ3n) is 4.63. The van der Waals surface area contributed by atoms with E-state index in [1.54, 1.807) is 0 Å². The van der Waals surface area contributed by atoms with Gasteiger partial charge in [0, 0.05) is 26.1 Å². The van der Waals surface area contributed by atoms with Crippen LogP contribution in [0.5, 0.6) is 0 Å². The Bertz CT molecular complexity index is 869. The second kappa shape index (κ2) is 7.04. The number of benzene rings is 1. The summed E-state index contributed by atoms with van der Waals surface area (Å²) >= 11 is 0. The number of nitrogens with zero attached hydrogens (tertiary/aromatic N) is 2. The molecule has 11 heteroatoms. The van der Waals surface area contributed by atoms with E-state index in [9.17, 15) is 26.8 Å². The minimum absolute atomic E-state index is 0.0267. The van der Waals surface area contributed by atoms with Crippen LogP contribution >= 0.6 is 0 Å². The Morgan fingerprint density at radius 2 is 1.81 bits per heavy atom. The number of carboxylic acid groups (broad SMARTS) is 1. The van der Waals surface area contributed by atoms with Gasteiger partial charge in [0.2, 0.25) is 0 Å². The number of hydrogen-bond donors (Lipinski definition) is 2. The summed E-state index contributed by atoms with van der Waals surface area (Å²) in [5, 5.41) is 9.14. The van der Waals surface area contributed by atoms with Gasteiger partial charge in [-0.1, -0.05) is 0 Å². The molecule has 2 aliphatic rings. The number of hydrogen-bond acceptors (Lipinski definition) is 5. The van der Waals surface area contributed by atoms with E-state index in [0.29, 0.717) is 25.9 Å². The lowest BCUT2D eigenvalue weighted by molar-refractivity contribution is 0.0256. The summed E-state index contributed by atoms with van der Waals surface area (Å²) in [4.78, 5) is 25.0. The Balaban J connectivity index is 1.91. The van der Waals surface area contributed by atoms with E-state index < -0.39 is 41.0 Å². The standard InChI is InChI=1S/C16H19F2N3O5S/c17-16(18)5-8-20(10-16)13-9-11(15(23)24)3-4-12(13)14(22)19-27(25,26)21-6-1-2-7-21/h3-4,9H,1-2,5-8,10H2,(H,19,22)(H,23,24). The van der Waals surface area contributed by atoms with Gasteiger partial charge in [-0.3, -0.25) is 4.79 Å². The molecular formula is C16H19F2N3O5S. The highest BCUT2D eigenvalue weighted by atomic mass is 32.2. The van der Waals surface area contributed by atoms with E-state index in [1.165, 1.54) is 4.90 Å². The van der Waals surface area contributed by atoms with Gasteiger partial charge < -0.3 is 10.0 Å². The fourth-order valence-electron chi connectivity index (χ4n) is 3.22. The first-order chi connectivity index (χ1) is 12.6. The lowest BCUT2D eigenvalue weighted by atomic mass is 10.1. The van der Waals surface area contributed by atoms with Crippen LogP contribution in [-0.2, 0) is 10.2 Å². The molecule has 27 heavy (non-hydrogen) atoms. The van der Waals surface area contributed by atoms with E-state index >= 15 is 0 Å². The van der Waals surface area contributed by atoms with E-state index in [0.717, 1.165) is 22.5 Å². The van der Waals surface area contributed by atoms with Crippen molar-refractivity contribution in [3.8, 4) is 0 Å². The van der Waals surface area contributed by atoms with Crippen LogP contribution in [0, 0.1) is 0 Å². The predicted molar refractivity (Wildman–Crippen MR) is 92.4 cm³/mol. The molecule has 0 aliphatic carbocycles. The number of halogens is 2. The van der Waals surface area contributed by atoms with Gasteiger partial charge in [0.1, 0.15) is 0 Å². The molecule has 2 saturated heterocycles. The molecule has 0 bridgehead atoms. The van der Waals surface area contributed by atoms with E-state index in [1.807, 2.05) is 4.72 Å². The minimum Gasteiger partial charge on any atom is -0.478 e. The highest BCUT2D eigenvalue weighted by Gasteiger charge is 2.40. The Kier molecular flexibility index (Phi) is 5.08. The van der Waals surface area contributed by atoms with Gasteiger partial charge in [0.25, 0.3) is 11.8 Å². The smallest absolute Gasteiger partial charge is 0.335 e. The van der Waals surface area contributed by atoms with Crippen LogP contribution in [0.25, 0.3) is 0 Å². The summed E-state index contributed by atoms with van der Waals surface area (Å²) in [6.45, 7) is -0.151. The second-order valence-corrected chi connectivity index (χ2v) is 8.28. The number of carbonyl (C=O) groups excluding carboxylic acids is 1. The zero-order valence-electron chi connectivity index (χ0n) is 14.3. The molecule has 0 aromatic heterocycles. The van der Waals surface area contributed by atoms with Crippen molar-refractivity contribution < 1.29 is 31.9 Å². The van der Waals surface area contributed by atoms with Gasteiger partial charge >= 0.3 is 16.2 Å². The summed E-state index contributed by atoms with van der Waals surface area (Å²) in [5.41, 5.74) is -0.374. The molecule has 0 unspecified atom stereocenters. The third-order valence-corrected chi connectivity index (χ3v) is 6.11. The number of anilines is 1. The van der Waals surface area contributed by atoms with Crippen LogP contribution in [-0.4, -0.2) is 61.8 Å². The van der Waals surface area contributed by atoms with Gasteiger partial charge in [-0.25, -0.2) is 18.3 Å². The van der Waals surface area contributed by atoms with Crippen molar-refractivity contribution in [3.05, 3.63) is 29.3 Å². The molecule has 1 amide bonds. The maximum absolute atomic E-state index is 13.6. The molecular weight excluding hydrogens is 384 g/mol. The highest BCUT2D eigenvalue weighted by molar-refractivity contribution is 7.87. The predicted octanol–water partition coefficient (Wildman–Crippen LogP) is 1.30. The van der Waals surface area contributed by atoms with E-state index in [2.05, 4.69) is 0 Å². The fourth-order valence-corrected chi connectivity index (χ4v) is 4.44. The Labute approximate surface area is 154 Å². The zero-order chi connectivity index (χ0) is 19.8. The summed E-state index contributed by atoms with van der Waals surface area (Å²) in [7, 11) is -4.05. The number of carbonyl (C=O) groups is 2. The molecule has 2 aliphatic heterocycles. The van der Waals surface area contributed by atoms with Crippen molar-refractivity contribution in [2.24, 2.45) is 0 Å². The Morgan fingerprint density at radius 3 is 2.37 bits per heavy atom. The van der Waals surface area contributed by atoms with Gasteiger partial charge in [-0.05, 0) is 31.0 Å². The van der Waals surface area contributed by atoms with Gasteiger partial charge in [-0.15, -0.1) is 0 Å². The molecule has 8 nitrogen and oxygen atoms in total. The first kappa shape index (κ1) is 19.5. The third kappa shape index (κ3) is 4.19. The fraction of sp³-hybridized carbons (Fsp3) is 0.500. The SMILES string of the molecule is O=C(O)c1ccc(C(=O)NS(=O)(=O)N2CCCC2)c(N2CCC(F)(F)C2)c1. The molecule has 0 atom stereocenters. The maximum Gasteiger partial charge on any atom is 0.335 e. The molecule has 2 N–H and O–H groups in total. The number of alkyl halides is 2. The van der Waals surface area contributed by atoms with E-state index in [-0.39, 0.29) is 23.4 Å². The summed E-state index contributed by atoms with van der Waals surface area (Å²) in [5.74, 6) is -5.22. The minimum atomic E-state index is -4.05. The molecule has 0 saturated carbocycles. The summed E-state index contributed by atoms with van der Waals surface area (Å²) < 4.78 is 54.8. The van der Waals surface area contributed by atoms with Crippen molar-refractivity contribution in [2.45, 2.75) is 25.2 Å². The Hall–Kier alpha value is -2.27. The second-order valence-electron chi connectivity index (χ2n) is 6.61. The van der Waals surface area contributed by atoms with Crippen LogP contribution in [0.3, 0.4) is 0 Å². The number of rotatable bonds is 5. The first-order valence-corrected chi connectivity index (χ1v) is 9.85. The van der Waals surface area contributed by atoms with Crippen molar-refractivity contribution in [2.75, 3.05) is 31.1 Å². The lowest BCUT2D eigenvalue weighted by Crippen LogP contribution is -2.42. The van der Waals surface area contributed by atoms with Gasteiger partial charge in [0.15, 0.2) is 0 Å². The molecule has 2 fully saturated rings. The first-order valence-electron chi connectivity index (χ1n) is 8.41. The van der Waals surface area contributed by atoms with Crippen LogP contribution in [0.1, 0.15) is 40.0 Å². The van der Waals surface area contributed by atoms with Crippen molar-refractivity contribution >= 4 is 27.8 Å². The van der Waals surface area contributed by atoms with Crippen LogP contribution in [0.4, 0.5) is 14.5 Å². The number of amides is 1. The van der Waals surface area contributed by atoms with Crippen LogP contribution < -0.4 is 9.62 Å². The molecule has 1 aromatic carbocycles. The lowest BCUT2D eigenvalue weighted by Gasteiger charge is -2.22. The normalized spacial score (nSPS) is 20.0. The van der Waals surface area contributed by atoms with E-state index in [4.69, 9.17) is 5.11 Å². The number of carboxylic acids is 1. The van der Waals surface area contributed by atoms with Crippen LogP contribution in [0.15, 0.2) is 18.2 Å². The summed E-state index contributed by atoms with van der Waals surface area (Å²) in [6, 6.07) is 3.39. The van der Waals surface area contributed by atoms with Crippen molar-refractivity contribution in [1.82, 2.24) is 9.03 Å². The molecule has 148 valence electrons. The summed E-state index contributed by atoms with van der Waals surface area (Å²) in [6.07, 6.45) is 0.949.